The molecule has 2 rings (SSSR count). The summed E-state index contributed by atoms with van der Waals surface area (Å²) in [5.41, 5.74) is 1.06. The third-order valence-electron chi connectivity index (χ3n) is 2.95. The van der Waals surface area contributed by atoms with E-state index in [-0.39, 0.29) is 12.6 Å². The summed E-state index contributed by atoms with van der Waals surface area (Å²) in [6.07, 6.45) is 1.44. The Hall–Kier alpha value is -2.08. The third kappa shape index (κ3) is 4.73. The molecule has 1 heterocycles. The number of ether oxygens (including phenoxy) is 2. The van der Waals surface area contributed by atoms with E-state index in [4.69, 9.17) is 20.9 Å². The molecule has 0 N–H and O–H groups in total. The number of esters is 1. The van der Waals surface area contributed by atoms with Crippen LogP contribution in [-0.2, 0) is 22.6 Å². The highest BCUT2D eigenvalue weighted by molar-refractivity contribution is 6.32. The van der Waals surface area contributed by atoms with Gasteiger partial charge in [0.25, 0.3) is 0 Å². The number of benzene rings is 1. The van der Waals surface area contributed by atoms with Crippen molar-refractivity contribution in [3.8, 4) is 5.75 Å². The average molecular weight is 325 g/mol. The monoisotopic (exact) mass is 324 g/mol. The van der Waals surface area contributed by atoms with Gasteiger partial charge in [-0.2, -0.15) is 4.98 Å². The molecule has 118 valence electrons. The molecule has 0 amide bonds. The standard InChI is InChI=1S/C15H17ClN2O4/c1-10-6-7-12(11(16)8-10)21-9-13-17-14(22-18-13)4-3-5-15(19)20-2/h6-8H,3-5,9H2,1-2H3. The molecule has 0 aliphatic rings. The maximum Gasteiger partial charge on any atom is 0.305 e. The number of nitrogens with zero attached hydrogens (tertiary/aromatic N) is 2. The van der Waals surface area contributed by atoms with Crippen molar-refractivity contribution < 1.29 is 18.8 Å². The normalized spacial score (nSPS) is 10.5. The molecule has 0 aliphatic heterocycles. The Bertz CT molecular complexity index is 642. The number of rotatable bonds is 7. The number of halogens is 1. The number of aryl methyl sites for hydroxylation is 2. The average Bonchev–Trinajstić information content (AvgIpc) is 2.94. The van der Waals surface area contributed by atoms with Crippen molar-refractivity contribution in [2.24, 2.45) is 0 Å². The molecule has 2 aromatic rings. The van der Waals surface area contributed by atoms with Crippen LogP contribution in [-0.4, -0.2) is 23.2 Å². The Balaban J connectivity index is 1.83. The van der Waals surface area contributed by atoms with Crippen LogP contribution in [0.4, 0.5) is 0 Å². The number of methoxy groups -OCH3 is 1. The minimum atomic E-state index is -0.253. The van der Waals surface area contributed by atoms with Gasteiger partial charge in [0.1, 0.15) is 5.75 Å². The quantitative estimate of drug-likeness (QED) is 0.728. The molecule has 0 bridgehead atoms. The molecule has 0 atom stereocenters. The van der Waals surface area contributed by atoms with Gasteiger partial charge < -0.3 is 14.0 Å². The zero-order valence-electron chi connectivity index (χ0n) is 12.5. The lowest BCUT2D eigenvalue weighted by atomic mass is 10.2. The van der Waals surface area contributed by atoms with E-state index in [1.807, 2.05) is 19.1 Å². The summed E-state index contributed by atoms with van der Waals surface area (Å²) in [7, 11) is 1.36. The van der Waals surface area contributed by atoms with Crippen LogP contribution in [0.3, 0.4) is 0 Å². The number of carbonyl (C=O) groups excluding carboxylic acids is 1. The summed E-state index contributed by atoms with van der Waals surface area (Å²) in [5.74, 6) is 1.23. The molecule has 1 aromatic carbocycles. The fraction of sp³-hybridized carbons (Fsp3) is 0.400. The largest absolute Gasteiger partial charge is 0.484 e. The van der Waals surface area contributed by atoms with Crippen molar-refractivity contribution in [2.75, 3.05) is 7.11 Å². The first-order valence-electron chi connectivity index (χ1n) is 6.85. The van der Waals surface area contributed by atoms with Gasteiger partial charge >= 0.3 is 5.97 Å². The van der Waals surface area contributed by atoms with Gasteiger partial charge in [0, 0.05) is 12.8 Å². The molecule has 0 unspecified atom stereocenters. The Morgan fingerprint density at radius 3 is 2.95 bits per heavy atom. The molecule has 1 aromatic heterocycles. The molecule has 0 fully saturated rings. The minimum absolute atomic E-state index is 0.170. The highest BCUT2D eigenvalue weighted by atomic mass is 35.5. The predicted molar refractivity (Wildman–Crippen MR) is 79.8 cm³/mol. The summed E-state index contributed by atoms with van der Waals surface area (Å²) in [6, 6.07) is 5.54. The van der Waals surface area contributed by atoms with Crippen LogP contribution in [0.15, 0.2) is 22.7 Å². The molecule has 22 heavy (non-hydrogen) atoms. The molecule has 0 saturated carbocycles. The topological polar surface area (TPSA) is 74.5 Å². The van der Waals surface area contributed by atoms with Gasteiger partial charge in [-0.1, -0.05) is 22.8 Å². The maximum absolute atomic E-state index is 11.0. The van der Waals surface area contributed by atoms with E-state index in [0.29, 0.717) is 41.7 Å². The number of aromatic nitrogens is 2. The zero-order chi connectivity index (χ0) is 15.9. The highest BCUT2D eigenvalue weighted by Gasteiger charge is 2.09. The Morgan fingerprint density at radius 1 is 1.41 bits per heavy atom. The molecule has 0 spiro atoms. The fourth-order valence-corrected chi connectivity index (χ4v) is 2.09. The zero-order valence-corrected chi connectivity index (χ0v) is 13.2. The molecule has 0 aliphatic carbocycles. The fourth-order valence-electron chi connectivity index (χ4n) is 1.80. The second kappa shape index (κ2) is 7.79. The molecule has 0 saturated heterocycles. The Kier molecular flexibility index (Phi) is 5.77. The number of hydrogen-bond donors (Lipinski definition) is 0. The number of hydrogen-bond acceptors (Lipinski definition) is 6. The van der Waals surface area contributed by atoms with Crippen LogP contribution < -0.4 is 4.74 Å². The van der Waals surface area contributed by atoms with E-state index in [0.717, 1.165) is 5.56 Å². The van der Waals surface area contributed by atoms with Gasteiger partial charge in [-0.3, -0.25) is 4.79 Å². The van der Waals surface area contributed by atoms with Crippen molar-refractivity contribution in [2.45, 2.75) is 32.8 Å². The van der Waals surface area contributed by atoms with Crippen molar-refractivity contribution in [1.29, 1.82) is 0 Å². The van der Waals surface area contributed by atoms with Crippen molar-refractivity contribution in [3.05, 3.63) is 40.5 Å². The lowest BCUT2D eigenvalue weighted by molar-refractivity contribution is -0.140. The smallest absolute Gasteiger partial charge is 0.305 e. The summed E-state index contributed by atoms with van der Waals surface area (Å²) < 4.78 is 15.2. The Labute approximate surface area is 133 Å². The summed E-state index contributed by atoms with van der Waals surface area (Å²) in [6.45, 7) is 2.12. The van der Waals surface area contributed by atoms with E-state index >= 15 is 0 Å². The lowest BCUT2D eigenvalue weighted by Crippen LogP contribution is -2.01. The summed E-state index contributed by atoms with van der Waals surface area (Å²) >= 11 is 6.08. The van der Waals surface area contributed by atoms with Gasteiger partial charge in [0.15, 0.2) is 6.61 Å². The molecular formula is C15H17ClN2O4. The maximum atomic E-state index is 11.0. The van der Waals surface area contributed by atoms with Crippen LogP contribution in [0.5, 0.6) is 5.75 Å². The molecule has 6 nitrogen and oxygen atoms in total. The van der Waals surface area contributed by atoms with Crippen molar-refractivity contribution >= 4 is 17.6 Å². The Morgan fingerprint density at radius 2 is 2.23 bits per heavy atom. The molecule has 0 radical (unpaired) electrons. The summed E-state index contributed by atoms with van der Waals surface area (Å²) in [5, 5.41) is 4.37. The van der Waals surface area contributed by atoms with Gasteiger partial charge in [0.05, 0.1) is 12.1 Å². The highest BCUT2D eigenvalue weighted by Crippen LogP contribution is 2.25. The van der Waals surface area contributed by atoms with Gasteiger partial charge in [-0.05, 0) is 31.0 Å². The van der Waals surface area contributed by atoms with Crippen molar-refractivity contribution in [1.82, 2.24) is 10.1 Å². The minimum Gasteiger partial charge on any atom is -0.484 e. The van der Waals surface area contributed by atoms with E-state index in [1.54, 1.807) is 6.07 Å². The van der Waals surface area contributed by atoms with Crippen LogP contribution in [0.25, 0.3) is 0 Å². The van der Waals surface area contributed by atoms with Gasteiger partial charge in [-0.25, -0.2) is 0 Å². The van der Waals surface area contributed by atoms with E-state index < -0.39 is 0 Å². The summed E-state index contributed by atoms with van der Waals surface area (Å²) in [4.78, 5) is 15.2. The van der Waals surface area contributed by atoms with Gasteiger partial charge in [0.2, 0.25) is 11.7 Å². The van der Waals surface area contributed by atoms with Gasteiger partial charge in [-0.15, -0.1) is 0 Å². The first-order valence-corrected chi connectivity index (χ1v) is 7.23. The third-order valence-corrected chi connectivity index (χ3v) is 3.25. The molecular weight excluding hydrogens is 308 g/mol. The van der Waals surface area contributed by atoms with Crippen LogP contribution in [0.2, 0.25) is 5.02 Å². The predicted octanol–water partition coefficient (Wildman–Crippen LogP) is 3.11. The SMILES string of the molecule is COC(=O)CCCc1nc(COc2ccc(C)cc2Cl)no1. The van der Waals surface area contributed by atoms with Crippen molar-refractivity contribution in [3.63, 3.8) is 0 Å². The molecule has 7 heteroatoms. The second-order valence-corrected chi connectivity index (χ2v) is 5.16. The van der Waals surface area contributed by atoms with E-state index in [1.165, 1.54) is 7.11 Å². The second-order valence-electron chi connectivity index (χ2n) is 4.76. The van der Waals surface area contributed by atoms with Crippen LogP contribution in [0, 0.1) is 6.92 Å². The van der Waals surface area contributed by atoms with E-state index in [9.17, 15) is 4.79 Å². The van der Waals surface area contributed by atoms with Crippen LogP contribution >= 0.6 is 11.6 Å². The van der Waals surface area contributed by atoms with Crippen LogP contribution in [0.1, 0.15) is 30.1 Å². The van der Waals surface area contributed by atoms with E-state index in [2.05, 4.69) is 14.9 Å². The number of carbonyl (C=O) groups is 1. The first-order chi connectivity index (χ1) is 10.6. The first kappa shape index (κ1) is 16.3. The lowest BCUT2D eigenvalue weighted by Gasteiger charge is -2.05.